The number of benzene rings is 2. The Bertz CT molecular complexity index is 952. The molecular weight excluding hydrogens is 419 g/mol. The van der Waals surface area contributed by atoms with E-state index in [0.717, 1.165) is 12.3 Å². The van der Waals surface area contributed by atoms with Crippen molar-refractivity contribution in [1.82, 2.24) is 10.7 Å². The van der Waals surface area contributed by atoms with Crippen LogP contribution in [0.25, 0.3) is 0 Å². The van der Waals surface area contributed by atoms with E-state index in [1.807, 2.05) is 0 Å². The smallest absolute Gasteiger partial charge is 0.417 e. The summed E-state index contributed by atoms with van der Waals surface area (Å²) in [5.74, 6) is -0.538. The van der Waals surface area contributed by atoms with E-state index in [1.165, 1.54) is 51.7 Å². The van der Waals surface area contributed by atoms with Gasteiger partial charge in [-0.3, -0.25) is 9.59 Å². The number of ether oxygens (including phenoxy) is 3. The van der Waals surface area contributed by atoms with Gasteiger partial charge in [0.25, 0.3) is 11.8 Å². The van der Waals surface area contributed by atoms with Gasteiger partial charge in [-0.05, 0) is 18.2 Å². The molecule has 2 N–H and O–H groups in total. The largest absolute Gasteiger partial charge is 0.493 e. The van der Waals surface area contributed by atoms with Gasteiger partial charge in [-0.25, -0.2) is 5.43 Å². The first-order chi connectivity index (χ1) is 14.7. The standard InChI is InChI=1S/C20H20F3N3O5/c1-29-15-8-13(9-16(30-2)18(15)31-3)19(28)24-11-17(27)26-25-10-12-6-4-5-7-14(12)20(21,22)23/h4-10H,11H2,1-3H3,(H,24,28)(H,26,27)/b25-10+. The van der Waals surface area contributed by atoms with Gasteiger partial charge in [-0.2, -0.15) is 18.3 Å². The van der Waals surface area contributed by atoms with Crippen LogP contribution in [0.1, 0.15) is 21.5 Å². The fourth-order valence-electron chi connectivity index (χ4n) is 2.56. The van der Waals surface area contributed by atoms with Crippen molar-refractivity contribution >= 4 is 18.0 Å². The summed E-state index contributed by atoms with van der Waals surface area (Å²) in [4.78, 5) is 24.2. The van der Waals surface area contributed by atoms with E-state index in [0.29, 0.717) is 5.75 Å². The highest BCUT2D eigenvalue weighted by atomic mass is 19.4. The molecule has 8 nitrogen and oxygen atoms in total. The van der Waals surface area contributed by atoms with Crippen LogP contribution in [0, 0.1) is 0 Å². The van der Waals surface area contributed by atoms with Crippen molar-refractivity contribution in [2.45, 2.75) is 6.18 Å². The number of hydrazone groups is 1. The Labute approximate surface area is 176 Å². The lowest BCUT2D eigenvalue weighted by Crippen LogP contribution is -2.35. The highest BCUT2D eigenvalue weighted by Gasteiger charge is 2.32. The maximum atomic E-state index is 12.9. The summed E-state index contributed by atoms with van der Waals surface area (Å²) in [6, 6.07) is 7.58. The van der Waals surface area contributed by atoms with Gasteiger partial charge in [0.2, 0.25) is 5.75 Å². The molecule has 0 aliphatic heterocycles. The average molecular weight is 439 g/mol. The third-order valence-electron chi connectivity index (χ3n) is 4.00. The van der Waals surface area contributed by atoms with Crippen LogP contribution in [-0.2, 0) is 11.0 Å². The minimum atomic E-state index is -4.55. The summed E-state index contributed by atoms with van der Waals surface area (Å²) in [5.41, 5.74) is 1.11. The fourth-order valence-corrected chi connectivity index (χ4v) is 2.56. The lowest BCUT2D eigenvalue weighted by atomic mass is 10.1. The molecule has 11 heteroatoms. The summed E-state index contributed by atoms with van der Waals surface area (Å²) in [5, 5.41) is 5.88. The molecule has 0 bridgehead atoms. The van der Waals surface area contributed by atoms with E-state index in [9.17, 15) is 22.8 Å². The highest BCUT2D eigenvalue weighted by Crippen LogP contribution is 2.38. The Balaban J connectivity index is 2.00. The number of alkyl halides is 3. The van der Waals surface area contributed by atoms with Gasteiger partial charge in [0.05, 0.1) is 39.7 Å². The SMILES string of the molecule is COc1cc(C(=O)NCC(=O)N/N=C/c2ccccc2C(F)(F)F)cc(OC)c1OC. The van der Waals surface area contributed by atoms with Crippen LogP contribution in [0.3, 0.4) is 0 Å². The molecule has 0 heterocycles. The second-order valence-corrected chi connectivity index (χ2v) is 5.97. The zero-order chi connectivity index (χ0) is 23.0. The Kier molecular flexibility index (Phi) is 7.83. The highest BCUT2D eigenvalue weighted by molar-refractivity contribution is 5.97. The fraction of sp³-hybridized carbons (Fsp3) is 0.250. The summed E-state index contributed by atoms with van der Waals surface area (Å²) in [7, 11) is 4.20. The van der Waals surface area contributed by atoms with Gasteiger partial charge in [-0.15, -0.1) is 0 Å². The van der Waals surface area contributed by atoms with Gasteiger partial charge in [0, 0.05) is 11.1 Å². The van der Waals surface area contributed by atoms with Crippen molar-refractivity contribution in [2.75, 3.05) is 27.9 Å². The van der Waals surface area contributed by atoms with Gasteiger partial charge in [0.15, 0.2) is 11.5 Å². The van der Waals surface area contributed by atoms with E-state index >= 15 is 0 Å². The quantitative estimate of drug-likeness (QED) is 0.487. The maximum absolute atomic E-state index is 12.9. The third kappa shape index (κ3) is 6.11. The zero-order valence-electron chi connectivity index (χ0n) is 16.9. The summed E-state index contributed by atoms with van der Waals surface area (Å²) in [6.45, 7) is -0.465. The molecule has 2 amide bonds. The monoisotopic (exact) mass is 439 g/mol. The number of rotatable bonds is 8. The van der Waals surface area contributed by atoms with Crippen LogP contribution in [0.4, 0.5) is 13.2 Å². The number of hydrogen-bond acceptors (Lipinski definition) is 6. The van der Waals surface area contributed by atoms with E-state index in [-0.39, 0.29) is 22.6 Å². The molecule has 0 aliphatic rings. The summed E-state index contributed by atoms with van der Waals surface area (Å²) < 4.78 is 54.3. The van der Waals surface area contributed by atoms with Gasteiger partial charge in [0.1, 0.15) is 0 Å². The summed E-state index contributed by atoms with van der Waals surface area (Å²) in [6.07, 6.45) is -3.68. The minimum Gasteiger partial charge on any atom is -0.493 e. The minimum absolute atomic E-state index is 0.143. The van der Waals surface area contributed by atoms with Gasteiger partial charge < -0.3 is 19.5 Å². The van der Waals surface area contributed by atoms with Crippen LogP contribution >= 0.6 is 0 Å². The van der Waals surface area contributed by atoms with Crippen molar-refractivity contribution in [3.05, 3.63) is 53.1 Å². The number of halogens is 3. The molecule has 0 unspecified atom stereocenters. The van der Waals surface area contributed by atoms with Crippen LogP contribution in [0.2, 0.25) is 0 Å². The topological polar surface area (TPSA) is 98.2 Å². The number of methoxy groups -OCH3 is 3. The molecule has 31 heavy (non-hydrogen) atoms. The molecular formula is C20H20F3N3O5. The number of amides is 2. The van der Waals surface area contributed by atoms with E-state index in [4.69, 9.17) is 14.2 Å². The number of nitrogens with zero attached hydrogens (tertiary/aromatic N) is 1. The van der Waals surface area contributed by atoms with Gasteiger partial charge in [-0.1, -0.05) is 18.2 Å². The van der Waals surface area contributed by atoms with Crippen molar-refractivity contribution in [2.24, 2.45) is 5.10 Å². The molecule has 0 saturated heterocycles. The third-order valence-corrected chi connectivity index (χ3v) is 4.00. The lowest BCUT2D eigenvalue weighted by molar-refractivity contribution is -0.137. The predicted octanol–water partition coefficient (Wildman–Crippen LogP) is 2.61. The van der Waals surface area contributed by atoms with E-state index < -0.39 is 30.1 Å². The van der Waals surface area contributed by atoms with E-state index in [2.05, 4.69) is 15.8 Å². The number of nitrogens with one attached hydrogen (secondary N) is 2. The molecule has 0 radical (unpaired) electrons. The molecule has 2 aromatic rings. The Morgan fingerprint density at radius 3 is 2.19 bits per heavy atom. The zero-order valence-corrected chi connectivity index (χ0v) is 16.9. The predicted molar refractivity (Wildman–Crippen MR) is 106 cm³/mol. The molecule has 0 atom stereocenters. The molecule has 0 fully saturated rings. The first-order valence-electron chi connectivity index (χ1n) is 8.77. The molecule has 166 valence electrons. The second kappa shape index (κ2) is 10.3. The Hall–Kier alpha value is -3.76. The summed E-state index contributed by atoms with van der Waals surface area (Å²) >= 11 is 0. The van der Waals surface area contributed by atoms with Gasteiger partial charge >= 0.3 is 6.18 Å². The molecule has 2 aromatic carbocycles. The second-order valence-electron chi connectivity index (χ2n) is 5.97. The normalized spacial score (nSPS) is 11.2. The van der Waals surface area contributed by atoms with E-state index in [1.54, 1.807) is 0 Å². The molecule has 2 rings (SSSR count). The van der Waals surface area contributed by atoms with Crippen LogP contribution < -0.4 is 25.0 Å². The van der Waals surface area contributed by atoms with Crippen molar-refractivity contribution in [3.63, 3.8) is 0 Å². The first-order valence-corrected chi connectivity index (χ1v) is 8.77. The maximum Gasteiger partial charge on any atom is 0.417 e. The molecule has 0 aliphatic carbocycles. The molecule has 0 saturated carbocycles. The van der Waals surface area contributed by atoms with Crippen LogP contribution in [-0.4, -0.2) is 45.9 Å². The number of carbonyl (C=O) groups is 2. The average Bonchev–Trinajstić information content (AvgIpc) is 2.75. The van der Waals surface area contributed by atoms with Crippen LogP contribution in [0.15, 0.2) is 41.5 Å². The van der Waals surface area contributed by atoms with Crippen LogP contribution in [0.5, 0.6) is 17.2 Å². The lowest BCUT2D eigenvalue weighted by Gasteiger charge is -2.14. The first kappa shape index (κ1) is 23.5. The van der Waals surface area contributed by atoms with Crippen molar-refractivity contribution in [3.8, 4) is 17.2 Å². The Morgan fingerprint density at radius 2 is 1.65 bits per heavy atom. The Morgan fingerprint density at radius 1 is 1.03 bits per heavy atom. The number of hydrogen-bond donors (Lipinski definition) is 2. The van der Waals surface area contributed by atoms with Crippen molar-refractivity contribution in [1.29, 1.82) is 0 Å². The molecule has 0 spiro atoms. The molecule has 0 aromatic heterocycles. The number of carbonyl (C=O) groups excluding carboxylic acids is 2. The van der Waals surface area contributed by atoms with Crippen molar-refractivity contribution < 1.29 is 37.0 Å².